The van der Waals surface area contributed by atoms with Crippen LogP contribution in [-0.4, -0.2) is 41.9 Å². The summed E-state index contributed by atoms with van der Waals surface area (Å²) >= 11 is 0. The van der Waals surface area contributed by atoms with E-state index in [0.29, 0.717) is 12.1 Å². The number of nitrogens with one attached hydrogen (secondary N) is 1. The van der Waals surface area contributed by atoms with E-state index in [0.717, 1.165) is 0 Å². The van der Waals surface area contributed by atoms with Gasteiger partial charge in [0, 0.05) is 13.1 Å². The molecule has 2 amide bonds. The molecule has 8 heteroatoms. The molecule has 0 spiro atoms. The van der Waals surface area contributed by atoms with Crippen molar-refractivity contribution in [3.05, 3.63) is 59.8 Å². The molecule has 1 N–H and O–H groups in total. The number of hydrogen-bond donors (Lipinski definition) is 1. The lowest BCUT2D eigenvalue weighted by atomic mass is 10.0. The number of benzene rings is 1. The first kappa shape index (κ1) is 22.1. The fourth-order valence-corrected chi connectivity index (χ4v) is 2.66. The summed E-state index contributed by atoms with van der Waals surface area (Å²) in [5.41, 5.74) is 0.636. The molecule has 7 nitrogen and oxygen atoms in total. The maximum atomic E-state index is 13.3. The van der Waals surface area contributed by atoms with E-state index < -0.39 is 30.4 Å². The topological polar surface area (TPSA) is 88.9 Å². The number of carbonyl (C=O) groups is 3. The molecule has 0 aliphatic carbocycles. The Labute approximate surface area is 168 Å². The van der Waals surface area contributed by atoms with Crippen molar-refractivity contribution in [3.8, 4) is 0 Å². The molecular weight excluding hydrogens is 379 g/mol. The molecule has 2 aromatic rings. The van der Waals surface area contributed by atoms with Crippen LogP contribution in [0.4, 0.5) is 4.39 Å². The second-order valence-corrected chi connectivity index (χ2v) is 6.82. The monoisotopic (exact) mass is 404 g/mol. The first-order chi connectivity index (χ1) is 13.8. The standard InChI is InChI=1S/C21H25FN2O5/c1-4-24(12-15-7-5-8-16(22)11-15)18(25)13-29-21(27)19(14(2)3)23-20(26)17-9-6-10-28-17/h5-11,14,19H,4,12-13H2,1-3H3,(H,23,26)/t19-/m0/s1. The fraction of sp³-hybridized carbons (Fsp3) is 0.381. The summed E-state index contributed by atoms with van der Waals surface area (Å²) in [6, 6.07) is 8.06. The molecule has 0 saturated carbocycles. The summed E-state index contributed by atoms with van der Waals surface area (Å²) in [4.78, 5) is 38.4. The third-order valence-corrected chi connectivity index (χ3v) is 4.29. The van der Waals surface area contributed by atoms with Crippen LogP contribution < -0.4 is 5.32 Å². The Morgan fingerprint density at radius 1 is 1.21 bits per heavy atom. The van der Waals surface area contributed by atoms with Crippen molar-refractivity contribution in [1.29, 1.82) is 0 Å². The summed E-state index contributed by atoms with van der Waals surface area (Å²) in [5, 5.41) is 2.56. The highest BCUT2D eigenvalue weighted by Gasteiger charge is 2.28. The largest absolute Gasteiger partial charge is 0.459 e. The van der Waals surface area contributed by atoms with E-state index in [2.05, 4.69) is 5.32 Å². The quantitative estimate of drug-likeness (QED) is 0.649. The van der Waals surface area contributed by atoms with Crippen molar-refractivity contribution < 1.29 is 27.9 Å². The number of furan rings is 1. The van der Waals surface area contributed by atoms with Crippen molar-refractivity contribution in [3.63, 3.8) is 0 Å². The van der Waals surface area contributed by atoms with Gasteiger partial charge < -0.3 is 19.4 Å². The number of ether oxygens (including phenoxy) is 1. The van der Waals surface area contributed by atoms with Crippen LogP contribution in [0, 0.1) is 11.7 Å². The molecule has 0 aliphatic rings. The third-order valence-electron chi connectivity index (χ3n) is 4.29. The fourth-order valence-electron chi connectivity index (χ4n) is 2.66. The smallest absolute Gasteiger partial charge is 0.329 e. The number of amides is 2. The Kier molecular flexibility index (Phi) is 7.94. The Hall–Kier alpha value is -3.16. The van der Waals surface area contributed by atoms with Crippen molar-refractivity contribution in [1.82, 2.24) is 10.2 Å². The lowest BCUT2D eigenvalue weighted by molar-refractivity contribution is -0.154. The molecule has 1 atom stereocenters. The first-order valence-electron chi connectivity index (χ1n) is 9.35. The van der Waals surface area contributed by atoms with Gasteiger partial charge in [0.05, 0.1) is 6.26 Å². The number of rotatable bonds is 9. The van der Waals surface area contributed by atoms with Crippen molar-refractivity contribution in [2.45, 2.75) is 33.4 Å². The number of hydrogen-bond acceptors (Lipinski definition) is 5. The highest BCUT2D eigenvalue weighted by molar-refractivity contribution is 5.94. The number of esters is 1. The molecule has 0 bridgehead atoms. The SMILES string of the molecule is CCN(Cc1cccc(F)c1)C(=O)COC(=O)[C@@H](NC(=O)c1ccco1)C(C)C. The number of carbonyl (C=O) groups excluding carboxylic acids is 3. The van der Waals surface area contributed by atoms with E-state index in [1.807, 2.05) is 0 Å². The Morgan fingerprint density at radius 2 is 1.97 bits per heavy atom. The Bertz CT molecular complexity index is 835. The van der Waals surface area contributed by atoms with E-state index >= 15 is 0 Å². The van der Waals surface area contributed by atoms with Crippen molar-refractivity contribution in [2.75, 3.05) is 13.2 Å². The maximum Gasteiger partial charge on any atom is 0.329 e. The van der Waals surface area contributed by atoms with Crippen LogP contribution in [0.2, 0.25) is 0 Å². The molecular formula is C21H25FN2O5. The van der Waals surface area contributed by atoms with Gasteiger partial charge in [-0.2, -0.15) is 0 Å². The van der Waals surface area contributed by atoms with E-state index in [1.165, 1.54) is 29.4 Å². The summed E-state index contributed by atoms with van der Waals surface area (Å²) in [7, 11) is 0. The molecule has 2 rings (SSSR count). The third kappa shape index (κ3) is 6.44. The van der Waals surface area contributed by atoms with Crippen LogP contribution in [0.15, 0.2) is 47.1 Å². The number of halogens is 1. The van der Waals surface area contributed by atoms with Gasteiger partial charge in [-0.25, -0.2) is 9.18 Å². The van der Waals surface area contributed by atoms with Crippen LogP contribution in [0.3, 0.4) is 0 Å². The van der Waals surface area contributed by atoms with E-state index in [9.17, 15) is 18.8 Å². The summed E-state index contributed by atoms with van der Waals surface area (Å²) in [6.07, 6.45) is 1.36. The molecule has 156 valence electrons. The van der Waals surface area contributed by atoms with E-state index in [-0.39, 0.29) is 24.0 Å². The molecule has 0 saturated heterocycles. The number of likely N-dealkylation sites (N-methyl/N-ethyl adjacent to an activating group) is 1. The van der Waals surface area contributed by atoms with Gasteiger partial charge >= 0.3 is 5.97 Å². The van der Waals surface area contributed by atoms with Gasteiger partial charge in [0.1, 0.15) is 11.9 Å². The molecule has 0 aliphatic heterocycles. The zero-order valence-corrected chi connectivity index (χ0v) is 16.7. The van der Waals surface area contributed by atoms with Gasteiger partial charge in [0.2, 0.25) is 0 Å². The van der Waals surface area contributed by atoms with Crippen LogP contribution in [0.5, 0.6) is 0 Å². The number of nitrogens with zero attached hydrogens (tertiary/aromatic N) is 1. The zero-order valence-electron chi connectivity index (χ0n) is 16.7. The lowest BCUT2D eigenvalue weighted by Gasteiger charge is -2.23. The summed E-state index contributed by atoms with van der Waals surface area (Å²) in [5.74, 6) is -2.24. The predicted octanol–water partition coefficient (Wildman–Crippen LogP) is 2.77. The minimum Gasteiger partial charge on any atom is -0.459 e. The normalized spacial score (nSPS) is 11.8. The van der Waals surface area contributed by atoms with E-state index in [1.54, 1.807) is 39.0 Å². The molecule has 0 unspecified atom stereocenters. The minimum absolute atomic E-state index is 0.0757. The molecule has 0 radical (unpaired) electrons. The molecule has 0 fully saturated rings. The minimum atomic E-state index is -0.932. The van der Waals surface area contributed by atoms with Crippen molar-refractivity contribution in [2.24, 2.45) is 5.92 Å². The molecule has 29 heavy (non-hydrogen) atoms. The van der Waals surface area contributed by atoms with Crippen LogP contribution >= 0.6 is 0 Å². The van der Waals surface area contributed by atoms with Crippen LogP contribution in [0.1, 0.15) is 36.9 Å². The van der Waals surface area contributed by atoms with Crippen LogP contribution in [0.25, 0.3) is 0 Å². The van der Waals surface area contributed by atoms with Gasteiger partial charge in [-0.1, -0.05) is 26.0 Å². The predicted molar refractivity (Wildman–Crippen MR) is 103 cm³/mol. The van der Waals surface area contributed by atoms with Gasteiger partial charge in [0.15, 0.2) is 12.4 Å². The molecule has 1 heterocycles. The maximum absolute atomic E-state index is 13.3. The Morgan fingerprint density at radius 3 is 2.55 bits per heavy atom. The van der Waals surface area contributed by atoms with Gasteiger partial charge in [-0.15, -0.1) is 0 Å². The Balaban J connectivity index is 1.93. The molecule has 1 aromatic carbocycles. The first-order valence-corrected chi connectivity index (χ1v) is 9.35. The van der Waals surface area contributed by atoms with Crippen molar-refractivity contribution >= 4 is 17.8 Å². The van der Waals surface area contributed by atoms with Gasteiger partial charge in [-0.05, 0) is 42.7 Å². The highest BCUT2D eigenvalue weighted by atomic mass is 19.1. The second kappa shape index (κ2) is 10.4. The van der Waals surface area contributed by atoms with Gasteiger partial charge in [0.25, 0.3) is 11.8 Å². The summed E-state index contributed by atoms with van der Waals surface area (Å²) in [6.45, 7) is 5.38. The lowest BCUT2D eigenvalue weighted by Crippen LogP contribution is -2.46. The second-order valence-electron chi connectivity index (χ2n) is 6.82. The highest BCUT2D eigenvalue weighted by Crippen LogP contribution is 2.10. The molecule has 1 aromatic heterocycles. The van der Waals surface area contributed by atoms with E-state index in [4.69, 9.17) is 9.15 Å². The van der Waals surface area contributed by atoms with Crippen LogP contribution in [-0.2, 0) is 20.9 Å². The average molecular weight is 404 g/mol. The average Bonchev–Trinajstić information content (AvgIpc) is 3.22. The van der Waals surface area contributed by atoms with Gasteiger partial charge in [-0.3, -0.25) is 9.59 Å². The summed E-state index contributed by atoms with van der Waals surface area (Å²) < 4.78 is 23.5. The zero-order chi connectivity index (χ0) is 21.4.